The zero-order chi connectivity index (χ0) is 15.8. The number of ether oxygens (including phenoxy) is 2. The summed E-state index contributed by atoms with van der Waals surface area (Å²) in [6.45, 7) is 3.83. The quantitative estimate of drug-likeness (QED) is 0.348. The van der Waals surface area contributed by atoms with Crippen molar-refractivity contribution >= 4 is 10.1 Å². The largest absolute Gasteiger partial charge is 0.379 e. The van der Waals surface area contributed by atoms with E-state index in [4.69, 9.17) is 14.0 Å². The molecule has 0 saturated heterocycles. The van der Waals surface area contributed by atoms with Crippen LogP contribution in [-0.4, -0.2) is 45.2 Å². The molecule has 0 spiro atoms. The molecule has 0 aliphatic carbocycles. The van der Waals surface area contributed by atoms with Gasteiger partial charge in [-0.25, -0.2) is 0 Å². The highest BCUT2D eigenvalue weighted by Crippen LogP contribution is 2.09. The molecule has 0 fully saturated rings. The second-order valence-corrected chi connectivity index (χ2v) is 6.91. The molecule has 0 rings (SSSR count). The van der Waals surface area contributed by atoms with Crippen LogP contribution in [0, 0.1) is 0 Å². The molecule has 0 atom stereocenters. The highest BCUT2D eigenvalue weighted by atomic mass is 32.2. The van der Waals surface area contributed by atoms with Crippen molar-refractivity contribution in [2.75, 3.05) is 32.2 Å². The van der Waals surface area contributed by atoms with E-state index in [-0.39, 0.29) is 12.4 Å². The van der Waals surface area contributed by atoms with Crippen molar-refractivity contribution in [2.24, 2.45) is 0 Å². The Kier molecular flexibility index (Phi) is 14.6. The molecule has 21 heavy (non-hydrogen) atoms. The van der Waals surface area contributed by atoms with Gasteiger partial charge in [0, 0.05) is 6.61 Å². The standard InChI is InChI=1S/C15H32O5S/c1-2-3-4-5-6-7-8-9-10-11-19-12-13-20-14-15-21(16,17)18/h2-15H2,1H3,(H,16,17,18). The van der Waals surface area contributed by atoms with Crippen LogP contribution < -0.4 is 0 Å². The summed E-state index contributed by atoms with van der Waals surface area (Å²) >= 11 is 0. The van der Waals surface area contributed by atoms with Crippen LogP contribution in [0.5, 0.6) is 0 Å². The first kappa shape index (κ1) is 20.8. The second-order valence-electron chi connectivity index (χ2n) is 5.34. The molecule has 0 aromatic rings. The predicted molar refractivity (Wildman–Crippen MR) is 85.3 cm³/mol. The van der Waals surface area contributed by atoms with Gasteiger partial charge in [0.1, 0.15) is 0 Å². The zero-order valence-corrected chi connectivity index (χ0v) is 14.2. The van der Waals surface area contributed by atoms with Gasteiger partial charge in [-0.15, -0.1) is 0 Å². The van der Waals surface area contributed by atoms with Crippen LogP contribution in [0.1, 0.15) is 64.7 Å². The van der Waals surface area contributed by atoms with Crippen LogP contribution in [0.2, 0.25) is 0 Å². The Balaban J connectivity index is 3.03. The molecule has 6 heteroatoms. The van der Waals surface area contributed by atoms with E-state index >= 15 is 0 Å². The minimum atomic E-state index is -3.91. The van der Waals surface area contributed by atoms with E-state index in [2.05, 4.69) is 6.92 Å². The minimum Gasteiger partial charge on any atom is -0.379 e. The summed E-state index contributed by atoms with van der Waals surface area (Å²) in [7, 11) is -3.91. The van der Waals surface area contributed by atoms with Gasteiger partial charge in [0.05, 0.1) is 25.6 Å². The smallest absolute Gasteiger partial charge is 0.267 e. The summed E-state index contributed by atoms with van der Waals surface area (Å²) in [5.41, 5.74) is 0. The SMILES string of the molecule is CCCCCCCCCCCOCCOCCS(=O)(=O)O. The fourth-order valence-electron chi connectivity index (χ4n) is 2.00. The summed E-state index contributed by atoms with van der Waals surface area (Å²) in [5, 5.41) is 0. The van der Waals surface area contributed by atoms with E-state index < -0.39 is 10.1 Å². The lowest BCUT2D eigenvalue weighted by atomic mass is 10.1. The highest BCUT2D eigenvalue weighted by Gasteiger charge is 2.03. The molecule has 0 unspecified atom stereocenters. The maximum absolute atomic E-state index is 10.4. The predicted octanol–water partition coefficient (Wildman–Crippen LogP) is 3.44. The maximum atomic E-state index is 10.4. The molecule has 0 saturated carbocycles. The average Bonchev–Trinajstić information content (AvgIpc) is 2.42. The number of hydrogen-bond acceptors (Lipinski definition) is 4. The van der Waals surface area contributed by atoms with Gasteiger partial charge in [-0.2, -0.15) is 8.42 Å². The third-order valence-electron chi connectivity index (χ3n) is 3.25. The van der Waals surface area contributed by atoms with Crippen molar-refractivity contribution in [3.05, 3.63) is 0 Å². The molecule has 0 aliphatic rings. The first-order chi connectivity index (χ1) is 10.1. The van der Waals surface area contributed by atoms with Gasteiger partial charge in [0.25, 0.3) is 10.1 Å². The molecule has 1 N–H and O–H groups in total. The molecule has 0 amide bonds. The van der Waals surface area contributed by atoms with Crippen LogP contribution in [0.4, 0.5) is 0 Å². The Morgan fingerprint density at radius 1 is 0.714 bits per heavy atom. The fourth-order valence-corrected chi connectivity index (χ4v) is 2.33. The van der Waals surface area contributed by atoms with E-state index in [1.165, 1.54) is 51.4 Å². The number of hydrogen-bond donors (Lipinski definition) is 1. The van der Waals surface area contributed by atoms with Gasteiger partial charge in [-0.05, 0) is 6.42 Å². The van der Waals surface area contributed by atoms with E-state index in [0.29, 0.717) is 13.2 Å². The molecule has 0 aliphatic heterocycles. The second kappa shape index (κ2) is 14.8. The fraction of sp³-hybridized carbons (Fsp3) is 1.00. The first-order valence-electron chi connectivity index (χ1n) is 8.17. The number of unbranched alkanes of at least 4 members (excludes halogenated alkanes) is 8. The van der Waals surface area contributed by atoms with Crippen LogP contribution in [-0.2, 0) is 19.6 Å². The van der Waals surface area contributed by atoms with Gasteiger partial charge < -0.3 is 9.47 Å². The van der Waals surface area contributed by atoms with Crippen molar-refractivity contribution in [3.63, 3.8) is 0 Å². The lowest BCUT2D eigenvalue weighted by Gasteiger charge is -2.05. The van der Waals surface area contributed by atoms with Crippen molar-refractivity contribution in [1.82, 2.24) is 0 Å². The Hall–Kier alpha value is -0.170. The van der Waals surface area contributed by atoms with Gasteiger partial charge in [0.15, 0.2) is 0 Å². The van der Waals surface area contributed by atoms with Gasteiger partial charge >= 0.3 is 0 Å². The Bertz CT molecular complexity index is 303. The normalized spacial score (nSPS) is 11.9. The summed E-state index contributed by atoms with van der Waals surface area (Å²) in [5.74, 6) is -0.356. The topological polar surface area (TPSA) is 72.8 Å². The van der Waals surface area contributed by atoms with Crippen LogP contribution in [0.25, 0.3) is 0 Å². The Labute approximate surface area is 130 Å². The molecular weight excluding hydrogens is 292 g/mol. The molecular formula is C15H32O5S. The first-order valence-corrected chi connectivity index (χ1v) is 9.78. The van der Waals surface area contributed by atoms with Crippen LogP contribution in [0.3, 0.4) is 0 Å². The van der Waals surface area contributed by atoms with Crippen molar-refractivity contribution < 1.29 is 22.4 Å². The summed E-state index contributed by atoms with van der Waals surface area (Å²) < 4.78 is 39.7. The molecule has 5 nitrogen and oxygen atoms in total. The van der Waals surface area contributed by atoms with Gasteiger partial charge in [-0.1, -0.05) is 58.3 Å². The molecule has 0 aromatic carbocycles. The lowest BCUT2D eigenvalue weighted by molar-refractivity contribution is 0.0516. The Morgan fingerprint density at radius 3 is 1.71 bits per heavy atom. The third kappa shape index (κ3) is 19.8. The highest BCUT2D eigenvalue weighted by molar-refractivity contribution is 7.85. The van der Waals surface area contributed by atoms with Crippen molar-refractivity contribution in [1.29, 1.82) is 0 Å². The maximum Gasteiger partial charge on any atom is 0.267 e. The molecule has 0 radical (unpaired) electrons. The van der Waals surface area contributed by atoms with Crippen LogP contribution >= 0.6 is 0 Å². The molecule has 128 valence electrons. The Morgan fingerprint density at radius 2 is 1.19 bits per heavy atom. The summed E-state index contributed by atoms with van der Waals surface area (Å²) in [6, 6.07) is 0. The number of rotatable bonds is 16. The van der Waals surface area contributed by atoms with Gasteiger partial charge in [0.2, 0.25) is 0 Å². The van der Waals surface area contributed by atoms with Crippen molar-refractivity contribution in [2.45, 2.75) is 64.7 Å². The lowest BCUT2D eigenvalue weighted by Crippen LogP contribution is -2.13. The van der Waals surface area contributed by atoms with E-state index in [0.717, 1.165) is 13.0 Å². The molecule has 0 heterocycles. The van der Waals surface area contributed by atoms with E-state index in [1.54, 1.807) is 0 Å². The summed E-state index contributed by atoms with van der Waals surface area (Å²) in [4.78, 5) is 0. The zero-order valence-electron chi connectivity index (χ0n) is 13.4. The van der Waals surface area contributed by atoms with Crippen molar-refractivity contribution in [3.8, 4) is 0 Å². The monoisotopic (exact) mass is 324 g/mol. The average molecular weight is 324 g/mol. The third-order valence-corrected chi connectivity index (χ3v) is 3.93. The molecule has 0 bridgehead atoms. The summed E-state index contributed by atoms with van der Waals surface area (Å²) in [6.07, 6.45) is 11.6. The van der Waals surface area contributed by atoms with E-state index in [9.17, 15) is 8.42 Å². The minimum absolute atomic E-state index is 0.0141. The van der Waals surface area contributed by atoms with Crippen LogP contribution in [0.15, 0.2) is 0 Å². The molecule has 0 aromatic heterocycles. The van der Waals surface area contributed by atoms with Gasteiger partial charge in [-0.3, -0.25) is 4.55 Å². The van der Waals surface area contributed by atoms with E-state index in [1.807, 2.05) is 0 Å².